The highest BCUT2D eigenvalue weighted by Crippen LogP contribution is 2.46. The monoisotopic (exact) mass is 441 g/mol. The minimum atomic E-state index is -0.238. The maximum absolute atomic E-state index is 14.0. The maximum atomic E-state index is 14.0. The molecule has 1 atom stereocenters. The van der Waals surface area contributed by atoms with Crippen molar-refractivity contribution in [1.82, 2.24) is 19.7 Å². The van der Waals surface area contributed by atoms with Crippen molar-refractivity contribution in [3.05, 3.63) is 71.3 Å². The van der Waals surface area contributed by atoms with E-state index in [0.717, 1.165) is 64.2 Å². The topological polar surface area (TPSA) is 76.0 Å². The van der Waals surface area contributed by atoms with E-state index in [2.05, 4.69) is 29.0 Å². The van der Waals surface area contributed by atoms with Gasteiger partial charge in [0.1, 0.15) is 11.4 Å². The lowest BCUT2D eigenvalue weighted by molar-refractivity contribution is 0.0976. The van der Waals surface area contributed by atoms with Gasteiger partial charge in [-0.2, -0.15) is 5.10 Å². The second-order valence-electron chi connectivity index (χ2n) is 8.98. The molecule has 0 radical (unpaired) electrons. The zero-order valence-corrected chi connectivity index (χ0v) is 18.9. The van der Waals surface area contributed by atoms with Crippen molar-refractivity contribution in [2.45, 2.75) is 51.6 Å². The molecule has 1 N–H and O–H groups in total. The number of aryl methyl sites for hydroxylation is 1. The molecule has 2 aromatic carbocycles. The Morgan fingerprint density at radius 1 is 1.15 bits per heavy atom. The van der Waals surface area contributed by atoms with Gasteiger partial charge in [-0.05, 0) is 68.5 Å². The Balaban J connectivity index is 1.48. The second kappa shape index (κ2) is 7.76. The van der Waals surface area contributed by atoms with Crippen LogP contribution < -0.4 is 9.64 Å². The van der Waals surface area contributed by atoms with Crippen LogP contribution in [0, 0.1) is 6.92 Å². The molecule has 2 aromatic heterocycles. The smallest absolute Gasteiger partial charge is 0.277 e. The molecular formula is C26H27N5O2. The zero-order chi connectivity index (χ0) is 22.5. The van der Waals surface area contributed by atoms with Gasteiger partial charge in [-0.15, -0.1) is 0 Å². The van der Waals surface area contributed by atoms with Crippen LogP contribution in [0.15, 0.2) is 48.8 Å². The Hall–Kier alpha value is -3.61. The summed E-state index contributed by atoms with van der Waals surface area (Å²) in [5.41, 5.74) is 6.34. The molecular weight excluding hydrogens is 414 g/mol. The molecule has 0 spiro atoms. The van der Waals surface area contributed by atoms with Gasteiger partial charge < -0.3 is 9.72 Å². The predicted molar refractivity (Wildman–Crippen MR) is 127 cm³/mol. The number of fused-ring (bicyclic) bond motifs is 2. The van der Waals surface area contributed by atoms with Crippen molar-refractivity contribution in [1.29, 1.82) is 0 Å². The third-order valence-electron chi connectivity index (χ3n) is 6.86. The van der Waals surface area contributed by atoms with Crippen molar-refractivity contribution in [2.75, 3.05) is 11.5 Å². The fourth-order valence-corrected chi connectivity index (χ4v) is 4.98. The van der Waals surface area contributed by atoms with Gasteiger partial charge in [0, 0.05) is 11.3 Å². The number of nitrogens with one attached hydrogen (secondary N) is 1. The summed E-state index contributed by atoms with van der Waals surface area (Å²) in [5, 5.41) is 4.84. The number of anilines is 1. The highest BCUT2D eigenvalue weighted by Gasteiger charge is 2.45. The Morgan fingerprint density at radius 3 is 2.70 bits per heavy atom. The number of aromatic amines is 1. The normalized spacial score (nSPS) is 18.1. The van der Waals surface area contributed by atoms with Gasteiger partial charge in [0.15, 0.2) is 0 Å². The van der Waals surface area contributed by atoms with Crippen LogP contribution in [-0.4, -0.2) is 32.3 Å². The van der Waals surface area contributed by atoms with Crippen molar-refractivity contribution < 1.29 is 9.53 Å². The average molecular weight is 442 g/mol. The van der Waals surface area contributed by atoms with E-state index in [9.17, 15) is 4.79 Å². The largest absolute Gasteiger partial charge is 0.494 e. The zero-order valence-electron chi connectivity index (χ0n) is 18.9. The van der Waals surface area contributed by atoms with Crippen molar-refractivity contribution in [3.8, 4) is 5.75 Å². The number of ether oxygens (including phenoxy) is 1. The van der Waals surface area contributed by atoms with Gasteiger partial charge in [-0.3, -0.25) is 14.4 Å². The number of rotatable bonds is 6. The highest BCUT2D eigenvalue weighted by atomic mass is 16.5. The lowest BCUT2D eigenvalue weighted by Gasteiger charge is -2.28. The summed E-state index contributed by atoms with van der Waals surface area (Å²) in [4.78, 5) is 23.4. The fourth-order valence-electron chi connectivity index (χ4n) is 4.98. The van der Waals surface area contributed by atoms with E-state index in [1.54, 1.807) is 6.33 Å². The van der Waals surface area contributed by atoms with Crippen molar-refractivity contribution in [3.63, 3.8) is 0 Å². The molecule has 6 rings (SSSR count). The van der Waals surface area contributed by atoms with Gasteiger partial charge in [-0.25, -0.2) is 4.98 Å². The minimum absolute atomic E-state index is 0.00342. The molecule has 168 valence electrons. The molecule has 33 heavy (non-hydrogen) atoms. The van der Waals surface area contributed by atoms with Crippen LogP contribution in [-0.2, 0) is 0 Å². The van der Waals surface area contributed by atoms with E-state index < -0.39 is 0 Å². The molecule has 1 aliphatic carbocycles. The number of carbonyl (C=O) groups excluding carboxylic acids is 1. The van der Waals surface area contributed by atoms with E-state index in [4.69, 9.17) is 9.84 Å². The molecule has 1 aliphatic heterocycles. The number of H-pyrrole nitrogens is 1. The molecule has 1 amide bonds. The van der Waals surface area contributed by atoms with Crippen LogP contribution in [0.2, 0.25) is 0 Å². The second-order valence-corrected chi connectivity index (χ2v) is 8.98. The summed E-state index contributed by atoms with van der Waals surface area (Å²) in [6.07, 6.45) is 5.99. The van der Waals surface area contributed by atoms with Gasteiger partial charge in [-0.1, -0.05) is 19.1 Å². The molecule has 1 unspecified atom stereocenters. The molecule has 1 saturated carbocycles. The maximum Gasteiger partial charge on any atom is 0.277 e. The van der Waals surface area contributed by atoms with E-state index >= 15 is 0 Å². The quantitative estimate of drug-likeness (QED) is 0.439. The molecule has 0 saturated heterocycles. The van der Waals surface area contributed by atoms with Gasteiger partial charge in [0.2, 0.25) is 0 Å². The first-order chi connectivity index (χ1) is 16.2. The van der Waals surface area contributed by atoms with Crippen LogP contribution in [0.5, 0.6) is 5.75 Å². The van der Waals surface area contributed by atoms with Crippen molar-refractivity contribution in [2.24, 2.45) is 0 Å². The fraction of sp³-hybridized carbons (Fsp3) is 0.346. The number of amides is 1. The number of benzene rings is 2. The summed E-state index contributed by atoms with van der Waals surface area (Å²) in [5.74, 6) is 0.847. The first kappa shape index (κ1) is 20.0. The summed E-state index contributed by atoms with van der Waals surface area (Å²) in [7, 11) is 0. The summed E-state index contributed by atoms with van der Waals surface area (Å²) in [6.45, 7) is 4.80. The van der Waals surface area contributed by atoms with Crippen LogP contribution in [0.3, 0.4) is 0 Å². The predicted octanol–water partition coefficient (Wildman–Crippen LogP) is 5.33. The third kappa shape index (κ3) is 3.14. The molecule has 4 aromatic rings. The number of carbonyl (C=O) groups is 1. The Bertz CT molecular complexity index is 1330. The Labute approximate surface area is 192 Å². The van der Waals surface area contributed by atoms with Crippen LogP contribution in [0.4, 0.5) is 5.69 Å². The summed E-state index contributed by atoms with van der Waals surface area (Å²) >= 11 is 0. The lowest BCUT2D eigenvalue weighted by atomic mass is 9.93. The number of aromatic nitrogens is 4. The van der Waals surface area contributed by atoms with Crippen molar-refractivity contribution >= 4 is 22.6 Å². The number of hydrogen-bond acceptors (Lipinski definition) is 4. The molecule has 2 aliphatic rings. The first-order valence-corrected chi connectivity index (χ1v) is 11.7. The van der Waals surface area contributed by atoms with E-state index in [-0.39, 0.29) is 11.9 Å². The number of nitrogens with zero attached hydrogens (tertiary/aromatic N) is 4. The summed E-state index contributed by atoms with van der Waals surface area (Å²) < 4.78 is 7.78. The number of imidazole rings is 1. The molecule has 3 heterocycles. The van der Waals surface area contributed by atoms with Gasteiger partial charge in [0.25, 0.3) is 5.91 Å². The highest BCUT2D eigenvalue weighted by molar-refractivity contribution is 6.11. The van der Waals surface area contributed by atoms with Gasteiger partial charge >= 0.3 is 0 Å². The summed E-state index contributed by atoms with van der Waals surface area (Å²) in [6, 6.07) is 14.2. The average Bonchev–Trinajstić information content (AvgIpc) is 3.46. The number of hydrogen-bond donors (Lipinski definition) is 1. The molecule has 1 fully saturated rings. The lowest BCUT2D eigenvalue weighted by Crippen LogP contribution is -2.31. The Morgan fingerprint density at radius 2 is 1.97 bits per heavy atom. The van der Waals surface area contributed by atoms with E-state index in [1.165, 1.54) is 6.42 Å². The van der Waals surface area contributed by atoms with Crippen LogP contribution in [0.25, 0.3) is 11.0 Å². The van der Waals surface area contributed by atoms with Crippen LogP contribution >= 0.6 is 0 Å². The van der Waals surface area contributed by atoms with Gasteiger partial charge in [0.05, 0.1) is 41.7 Å². The first-order valence-electron chi connectivity index (χ1n) is 11.7. The standard InChI is InChI=1S/C26H27N5O2/c1-3-13-33-20-10-7-17(8-11-20)24-23-16(2)29-31(18-5-4-6-18)25(23)26(32)30(24)19-9-12-21-22(14-19)28-15-27-21/h7-12,14-15,18,24H,3-6,13H2,1-2H3,(H,27,28). The van der Waals surface area contributed by atoms with E-state index in [1.807, 2.05) is 46.8 Å². The molecule has 7 nitrogen and oxygen atoms in total. The van der Waals surface area contributed by atoms with E-state index in [0.29, 0.717) is 12.6 Å². The van der Waals surface area contributed by atoms with Crippen LogP contribution in [0.1, 0.15) is 72.0 Å². The Kier molecular flexibility index (Phi) is 4.71. The molecule has 7 heteroatoms. The SMILES string of the molecule is CCCOc1ccc(C2c3c(C)nn(C4CCC4)c3C(=O)N2c2ccc3[nH]cnc3c2)cc1. The minimum Gasteiger partial charge on any atom is -0.494 e. The third-order valence-corrected chi connectivity index (χ3v) is 6.86. The molecule has 0 bridgehead atoms.